The Kier molecular flexibility index (Phi) is 4.65. The van der Waals surface area contributed by atoms with E-state index in [1.807, 2.05) is 36.4 Å². The maximum absolute atomic E-state index is 6.67. The van der Waals surface area contributed by atoms with Crippen LogP contribution in [0.5, 0.6) is 11.5 Å². The van der Waals surface area contributed by atoms with Gasteiger partial charge in [0.05, 0.1) is 5.41 Å². The maximum atomic E-state index is 6.67. The minimum atomic E-state index is -0.466. The molecule has 3 heteroatoms. The van der Waals surface area contributed by atoms with Gasteiger partial charge in [-0.3, -0.25) is 0 Å². The van der Waals surface area contributed by atoms with Gasteiger partial charge in [-0.25, -0.2) is 0 Å². The van der Waals surface area contributed by atoms with Crippen molar-refractivity contribution in [3.8, 4) is 45.3 Å². The highest BCUT2D eigenvalue weighted by molar-refractivity contribution is 6.05. The molecule has 3 nitrogen and oxygen atoms in total. The molecule has 44 heavy (non-hydrogen) atoms. The van der Waals surface area contributed by atoms with Crippen LogP contribution in [0.25, 0.3) is 55.7 Å². The Balaban J connectivity index is 1.12. The molecule has 1 aliphatic heterocycles. The average Bonchev–Trinajstić information content (AvgIpc) is 3.79. The van der Waals surface area contributed by atoms with Crippen LogP contribution < -0.4 is 4.74 Å². The lowest BCUT2D eigenvalue weighted by Gasteiger charge is -2.39. The van der Waals surface area contributed by atoms with Crippen molar-refractivity contribution in [3.63, 3.8) is 0 Å². The first kappa shape index (κ1) is 23.7. The van der Waals surface area contributed by atoms with E-state index in [0.29, 0.717) is 0 Å². The summed E-state index contributed by atoms with van der Waals surface area (Å²) in [7, 11) is 0. The first-order chi connectivity index (χ1) is 21.8. The Bertz CT molecular complexity index is 2390. The number of fused-ring (bicyclic) bond motifs is 12. The van der Waals surface area contributed by atoms with Crippen LogP contribution in [0.1, 0.15) is 22.3 Å². The number of furan rings is 2. The maximum Gasteiger partial charge on any atom is 0.136 e. The Morgan fingerprint density at radius 3 is 1.77 bits per heavy atom. The van der Waals surface area contributed by atoms with Gasteiger partial charge in [-0.05, 0) is 64.7 Å². The van der Waals surface area contributed by atoms with Crippen LogP contribution in [0, 0.1) is 0 Å². The van der Waals surface area contributed by atoms with Crippen LogP contribution in [0.2, 0.25) is 0 Å². The Morgan fingerprint density at radius 1 is 0.386 bits per heavy atom. The molecule has 0 amide bonds. The second-order valence-electron chi connectivity index (χ2n) is 11.6. The molecule has 0 saturated carbocycles. The fraction of sp³-hybridized carbons (Fsp3) is 0.0244. The van der Waals surface area contributed by atoms with Gasteiger partial charge in [0, 0.05) is 33.0 Å². The van der Waals surface area contributed by atoms with E-state index in [9.17, 15) is 0 Å². The number of benzene rings is 6. The third-order valence-corrected chi connectivity index (χ3v) is 9.40. The molecule has 0 bridgehead atoms. The highest BCUT2D eigenvalue weighted by Gasteiger charge is 2.50. The third-order valence-electron chi connectivity index (χ3n) is 9.40. The highest BCUT2D eigenvalue weighted by atomic mass is 16.5. The number of ether oxygens (including phenoxy) is 1. The number of hydrogen-bond acceptors (Lipinski definition) is 3. The topological polar surface area (TPSA) is 35.5 Å². The lowest BCUT2D eigenvalue weighted by molar-refractivity contribution is 0.436. The molecule has 3 heterocycles. The largest absolute Gasteiger partial charge is 0.457 e. The standard InChI is InChI=1S/C41H24O3/c1-4-12-31-27(9-1)28-10-2-5-13-32(28)41(31)33-14-6-8-16-38(33)44-40-24-26(18-20-34(40)41)36-22-21-35(42-36)25-17-19-30-29-11-3-7-15-37(29)43-39(30)23-25/h1-24H. The van der Waals surface area contributed by atoms with Crippen LogP contribution >= 0.6 is 0 Å². The molecule has 2 aromatic heterocycles. The van der Waals surface area contributed by atoms with Crippen molar-refractivity contribution in [1.82, 2.24) is 0 Å². The molecule has 8 aromatic rings. The van der Waals surface area contributed by atoms with E-state index >= 15 is 0 Å². The summed E-state index contributed by atoms with van der Waals surface area (Å²) in [4.78, 5) is 0. The van der Waals surface area contributed by atoms with Crippen LogP contribution in [-0.4, -0.2) is 0 Å². The van der Waals surface area contributed by atoms with Gasteiger partial charge in [0.15, 0.2) is 0 Å². The molecule has 10 rings (SSSR count). The summed E-state index contributed by atoms with van der Waals surface area (Å²) in [5.41, 5.74) is 10.6. The first-order valence-electron chi connectivity index (χ1n) is 14.9. The molecular formula is C41H24O3. The van der Waals surface area contributed by atoms with E-state index < -0.39 is 5.41 Å². The fourth-order valence-corrected chi connectivity index (χ4v) is 7.54. The van der Waals surface area contributed by atoms with Gasteiger partial charge < -0.3 is 13.6 Å². The zero-order chi connectivity index (χ0) is 28.8. The summed E-state index contributed by atoms with van der Waals surface area (Å²) in [6, 6.07) is 51.0. The van der Waals surface area contributed by atoms with Crippen molar-refractivity contribution < 1.29 is 13.6 Å². The SMILES string of the molecule is c1ccc2c(c1)Oc1cc(-c3ccc(-c4ccc5c(c4)oc4ccccc45)o3)ccc1C21c2ccccc2-c2ccccc21. The van der Waals surface area contributed by atoms with Crippen molar-refractivity contribution in [2.75, 3.05) is 0 Å². The van der Waals surface area contributed by atoms with E-state index in [1.54, 1.807) is 0 Å². The molecule has 0 saturated heterocycles. The zero-order valence-corrected chi connectivity index (χ0v) is 23.6. The molecule has 0 atom stereocenters. The number of hydrogen-bond donors (Lipinski definition) is 0. The first-order valence-corrected chi connectivity index (χ1v) is 14.9. The lowest BCUT2D eigenvalue weighted by Crippen LogP contribution is -2.32. The van der Waals surface area contributed by atoms with Gasteiger partial charge in [-0.2, -0.15) is 0 Å². The molecule has 1 spiro atoms. The number of para-hydroxylation sites is 2. The van der Waals surface area contributed by atoms with Gasteiger partial charge in [0.25, 0.3) is 0 Å². The molecule has 0 unspecified atom stereocenters. The Hall–Kier alpha value is -5.80. The average molecular weight is 565 g/mol. The fourth-order valence-electron chi connectivity index (χ4n) is 7.54. The lowest BCUT2D eigenvalue weighted by atomic mass is 9.66. The van der Waals surface area contributed by atoms with Crippen molar-refractivity contribution in [3.05, 3.63) is 168 Å². The van der Waals surface area contributed by atoms with Crippen LogP contribution in [0.15, 0.2) is 154 Å². The smallest absolute Gasteiger partial charge is 0.136 e. The summed E-state index contributed by atoms with van der Waals surface area (Å²) >= 11 is 0. The van der Waals surface area contributed by atoms with E-state index in [4.69, 9.17) is 13.6 Å². The summed E-state index contributed by atoms with van der Waals surface area (Å²) in [6.45, 7) is 0. The molecule has 6 aromatic carbocycles. The van der Waals surface area contributed by atoms with Crippen molar-refractivity contribution >= 4 is 21.9 Å². The monoisotopic (exact) mass is 564 g/mol. The van der Waals surface area contributed by atoms with Crippen molar-refractivity contribution in [1.29, 1.82) is 0 Å². The molecule has 0 fully saturated rings. The van der Waals surface area contributed by atoms with E-state index in [2.05, 4.69) is 109 Å². The highest BCUT2D eigenvalue weighted by Crippen LogP contribution is 2.62. The minimum absolute atomic E-state index is 0.466. The molecule has 206 valence electrons. The minimum Gasteiger partial charge on any atom is -0.457 e. The van der Waals surface area contributed by atoms with Crippen molar-refractivity contribution in [2.24, 2.45) is 0 Å². The molecule has 0 radical (unpaired) electrons. The van der Waals surface area contributed by atoms with E-state index in [-0.39, 0.29) is 0 Å². The third kappa shape index (κ3) is 3.05. The normalized spacial score (nSPS) is 13.8. The summed E-state index contributed by atoms with van der Waals surface area (Å²) < 4.78 is 19.3. The van der Waals surface area contributed by atoms with Gasteiger partial charge >= 0.3 is 0 Å². The number of rotatable bonds is 2. The van der Waals surface area contributed by atoms with Gasteiger partial charge in [0.2, 0.25) is 0 Å². The zero-order valence-electron chi connectivity index (χ0n) is 23.6. The summed E-state index contributed by atoms with van der Waals surface area (Å²) in [6.07, 6.45) is 0. The predicted molar refractivity (Wildman–Crippen MR) is 174 cm³/mol. The van der Waals surface area contributed by atoms with Crippen LogP contribution in [0.3, 0.4) is 0 Å². The predicted octanol–water partition coefficient (Wildman–Crippen LogP) is 11.0. The summed E-state index contributed by atoms with van der Waals surface area (Å²) in [5.74, 6) is 3.30. The molecular weight excluding hydrogens is 540 g/mol. The van der Waals surface area contributed by atoms with E-state index in [1.165, 1.54) is 27.8 Å². The second-order valence-corrected chi connectivity index (χ2v) is 11.6. The molecule has 1 aliphatic carbocycles. The van der Waals surface area contributed by atoms with E-state index in [0.717, 1.165) is 61.6 Å². The van der Waals surface area contributed by atoms with Gasteiger partial charge in [-0.15, -0.1) is 0 Å². The van der Waals surface area contributed by atoms with Gasteiger partial charge in [0.1, 0.15) is 34.2 Å². The summed E-state index contributed by atoms with van der Waals surface area (Å²) in [5, 5.41) is 2.22. The Labute approximate surface area is 253 Å². The molecule has 2 aliphatic rings. The molecule has 0 N–H and O–H groups in total. The van der Waals surface area contributed by atoms with Crippen LogP contribution in [0.4, 0.5) is 0 Å². The van der Waals surface area contributed by atoms with Gasteiger partial charge in [-0.1, -0.05) is 103 Å². The Morgan fingerprint density at radius 2 is 0.977 bits per heavy atom. The second kappa shape index (κ2) is 8.62. The van der Waals surface area contributed by atoms with Crippen LogP contribution in [-0.2, 0) is 5.41 Å². The quantitative estimate of drug-likeness (QED) is 0.209. The van der Waals surface area contributed by atoms with Crippen molar-refractivity contribution in [2.45, 2.75) is 5.41 Å².